The van der Waals surface area contributed by atoms with Crippen LogP contribution in [0, 0.1) is 0 Å². The Hall–Kier alpha value is -3.41. The van der Waals surface area contributed by atoms with E-state index in [2.05, 4.69) is 0 Å². The molecular formula is C36H34Cl3N2O10S3+. The number of nitrogens with zero attached hydrogens (tertiary/aromatic N) is 2. The molecule has 0 radical (unpaired) electrons. The van der Waals surface area contributed by atoms with Gasteiger partial charge in [-0.05, 0) is 43.2 Å². The molecule has 0 saturated carbocycles. The van der Waals surface area contributed by atoms with Crippen molar-refractivity contribution in [3.8, 4) is 11.5 Å². The molecule has 0 bridgehead atoms. The number of halogens is 3. The number of ether oxygens (including phenoxy) is 1. The average molecular weight is 857 g/mol. The fraction of sp³-hybridized carbons (Fsp3) is 0.306. The number of benzene rings is 3. The molecule has 3 heterocycles. The third-order valence-corrected chi connectivity index (χ3v) is 13.7. The molecular weight excluding hydrogens is 823 g/mol. The van der Waals surface area contributed by atoms with E-state index in [1.54, 1.807) is 50.5 Å². The fourth-order valence-corrected chi connectivity index (χ4v) is 10.2. The van der Waals surface area contributed by atoms with Crippen molar-refractivity contribution in [2.45, 2.75) is 43.7 Å². The highest BCUT2D eigenvalue weighted by molar-refractivity contribution is 8.00. The number of anilines is 1. The fourth-order valence-electron chi connectivity index (χ4n) is 7.07. The maximum atomic E-state index is 13.1. The van der Waals surface area contributed by atoms with Gasteiger partial charge in [0.1, 0.15) is 36.3 Å². The summed E-state index contributed by atoms with van der Waals surface area (Å²) in [6.07, 6.45) is 4.02. The predicted octanol–water partition coefficient (Wildman–Crippen LogP) is 5.67. The molecule has 0 spiro atoms. The first-order chi connectivity index (χ1) is 24.9. The number of thioether (sulfide) groups is 1. The van der Waals surface area contributed by atoms with Crippen molar-refractivity contribution in [1.29, 1.82) is 0 Å². The Morgan fingerprint density at radius 2 is 1.50 bits per heavy atom. The zero-order valence-electron chi connectivity index (χ0n) is 29.6. The van der Waals surface area contributed by atoms with Crippen LogP contribution >= 0.6 is 46.6 Å². The largest absolute Gasteiger partial charge is 0.478 e. The lowest BCUT2D eigenvalue weighted by Gasteiger charge is -2.41. The lowest BCUT2D eigenvalue weighted by atomic mass is 9.83. The number of hydrogen-bond donors (Lipinski definition) is 3. The smallest absolute Gasteiger partial charge is 0.337 e. The van der Waals surface area contributed by atoms with Gasteiger partial charge >= 0.3 is 5.97 Å². The van der Waals surface area contributed by atoms with Gasteiger partial charge in [0, 0.05) is 65.0 Å². The molecule has 3 aliphatic heterocycles. The number of carbonyl (C=O) groups is 2. The summed E-state index contributed by atoms with van der Waals surface area (Å²) < 4.78 is 77.7. The van der Waals surface area contributed by atoms with Crippen molar-refractivity contribution in [3.05, 3.63) is 89.9 Å². The number of carbonyl (C=O) groups excluding carboxylic acids is 1. The van der Waals surface area contributed by atoms with Crippen molar-refractivity contribution >= 4 is 101 Å². The van der Waals surface area contributed by atoms with Gasteiger partial charge < -0.3 is 19.5 Å². The molecule has 0 amide bonds. The zero-order chi connectivity index (χ0) is 40.0. The van der Waals surface area contributed by atoms with Gasteiger partial charge in [-0.1, -0.05) is 40.9 Å². The van der Waals surface area contributed by atoms with E-state index in [4.69, 9.17) is 39.5 Å². The molecule has 286 valence electrons. The Balaban J connectivity index is 1.86. The lowest BCUT2D eigenvalue weighted by molar-refractivity contribution is -0.105. The van der Waals surface area contributed by atoms with Crippen molar-refractivity contribution in [1.82, 2.24) is 4.58 Å². The molecule has 0 unspecified atom stereocenters. The van der Waals surface area contributed by atoms with Gasteiger partial charge in [0.2, 0.25) is 5.36 Å². The molecule has 0 aromatic heterocycles. The highest BCUT2D eigenvalue weighted by Gasteiger charge is 2.39. The number of fused-ring (bicyclic) bond motifs is 4. The number of rotatable bonds is 9. The predicted molar refractivity (Wildman–Crippen MR) is 212 cm³/mol. The van der Waals surface area contributed by atoms with Crippen LogP contribution in [0.1, 0.15) is 60.3 Å². The molecule has 3 aromatic rings. The zero-order valence-corrected chi connectivity index (χ0v) is 34.3. The van der Waals surface area contributed by atoms with Gasteiger partial charge in [-0.15, -0.1) is 11.8 Å². The molecule has 0 saturated heterocycles. The summed E-state index contributed by atoms with van der Waals surface area (Å²) in [6, 6.07) is 6.57. The van der Waals surface area contributed by atoms with Crippen LogP contribution < -0.4 is 24.8 Å². The van der Waals surface area contributed by atoms with E-state index in [0.29, 0.717) is 28.5 Å². The van der Waals surface area contributed by atoms with Crippen LogP contribution in [0.4, 0.5) is 5.69 Å². The summed E-state index contributed by atoms with van der Waals surface area (Å²) in [6.45, 7) is 7.45. The summed E-state index contributed by atoms with van der Waals surface area (Å²) in [5.74, 6) is -2.62. The average Bonchev–Trinajstić information content (AvgIpc) is 3.03. The summed E-state index contributed by atoms with van der Waals surface area (Å²) in [7, 11) is -5.46. The van der Waals surface area contributed by atoms with Gasteiger partial charge in [0.05, 0.1) is 43.6 Å². The molecule has 3 aromatic carbocycles. The highest BCUT2D eigenvalue weighted by atomic mass is 35.5. The van der Waals surface area contributed by atoms with E-state index in [1.807, 2.05) is 37.2 Å². The minimum absolute atomic E-state index is 0.104. The van der Waals surface area contributed by atoms with Crippen LogP contribution in [-0.4, -0.2) is 85.7 Å². The van der Waals surface area contributed by atoms with Crippen LogP contribution in [-0.2, 0) is 25.0 Å². The van der Waals surface area contributed by atoms with E-state index in [1.165, 1.54) is 0 Å². The lowest BCUT2D eigenvalue weighted by Crippen LogP contribution is -2.47. The topological polar surface area (TPSA) is 179 Å². The van der Waals surface area contributed by atoms with Gasteiger partial charge in [0.25, 0.3) is 20.2 Å². The van der Waals surface area contributed by atoms with Gasteiger partial charge in [0.15, 0.2) is 5.54 Å². The summed E-state index contributed by atoms with van der Waals surface area (Å²) in [4.78, 5) is 26.6. The Labute approximate surface area is 330 Å². The Morgan fingerprint density at radius 1 is 0.889 bits per heavy atom. The van der Waals surface area contributed by atoms with Gasteiger partial charge in [-0.2, -0.15) is 16.8 Å². The van der Waals surface area contributed by atoms with Gasteiger partial charge in [-0.3, -0.25) is 9.11 Å². The van der Waals surface area contributed by atoms with Crippen molar-refractivity contribution < 1.29 is 45.4 Å². The second kappa shape index (κ2) is 13.7. The molecule has 54 heavy (non-hydrogen) atoms. The summed E-state index contributed by atoms with van der Waals surface area (Å²) in [5, 5.41) is 10.7. The van der Waals surface area contributed by atoms with Crippen molar-refractivity contribution in [2.24, 2.45) is 0 Å². The molecule has 3 N–H and O–H groups in total. The van der Waals surface area contributed by atoms with E-state index in [0.717, 1.165) is 11.8 Å². The summed E-state index contributed by atoms with van der Waals surface area (Å²) >= 11 is 21.3. The minimum atomic E-state index is -4.53. The second-order valence-electron chi connectivity index (χ2n) is 14.2. The number of aldehydes is 1. The quantitative estimate of drug-likeness (QED) is 0.0619. The Kier molecular flexibility index (Phi) is 10.2. The monoisotopic (exact) mass is 855 g/mol. The number of hydrogen-bond acceptors (Lipinski definition) is 9. The number of carboxylic acid groups (broad SMARTS) is 1. The van der Waals surface area contributed by atoms with Crippen LogP contribution in [0.5, 0.6) is 11.5 Å². The van der Waals surface area contributed by atoms with E-state index in [9.17, 15) is 40.6 Å². The van der Waals surface area contributed by atoms with E-state index in [-0.39, 0.29) is 70.3 Å². The Morgan fingerprint density at radius 3 is 2.07 bits per heavy atom. The Bertz CT molecular complexity index is 2650. The third-order valence-electron chi connectivity index (χ3n) is 9.87. The van der Waals surface area contributed by atoms with Crippen molar-refractivity contribution in [3.63, 3.8) is 0 Å². The van der Waals surface area contributed by atoms with Crippen molar-refractivity contribution in [2.75, 3.05) is 36.3 Å². The maximum absolute atomic E-state index is 13.1. The van der Waals surface area contributed by atoms with E-state index >= 15 is 0 Å². The van der Waals surface area contributed by atoms with Crippen LogP contribution in [0.25, 0.3) is 16.7 Å². The normalized spacial score (nSPS) is 17.1. The van der Waals surface area contributed by atoms with E-state index < -0.39 is 54.4 Å². The first-order valence-corrected chi connectivity index (χ1v) is 21.4. The number of carboxylic acids is 1. The standard InChI is InChI=1S/C36H33Cl3N2O10S3/c1-35(2)13-17(15-53(45,46)47)19-9-21-25(11-23(19)40(35)5)51-26-12-24-20(18(16-54(48,49)50)14-36(3,4)41(24)6)10-22(26)27(21)28-29(34(43)44)30(37)32(39)33(31(28)38)52-8-7-42/h7,9-14H,8,15-16H2,1-6H3,(H2-,43,44,45,46,47,48,49,50)/p+1. The molecule has 12 nitrogen and oxygen atoms in total. The third kappa shape index (κ3) is 7.09. The molecule has 18 heteroatoms. The van der Waals surface area contributed by atoms with Crippen LogP contribution in [0.2, 0.25) is 15.1 Å². The molecule has 0 atom stereocenters. The second-order valence-corrected chi connectivity index (χ2v) is 19.3. The summed E-state index contributed by atoms with van der Waals surface area (Å²) in [5.41, 5.74) is 0.193. The number of aromatic carboxylic acids is 1. The maximum Gasteiger partial charge on any atom is 0.337 e. The SMILES string of the molecule is CN1c2cc3c(cc2C(CS(=O)(=O)O)=CC1(C)C)C(c1c(Cl)c(SCC=O)c(Cl)c(Cl)c1C(=O)O)=c1cc2c(cc1O3)=[N+](C)C(C)(C)C=C2CS(=O)(=O)O. The molecule has 6 rings (SSSR count). The van der Waals surface area contributed by atoms with Crippen LogP contribution in [0.3, 0.4) is 0 Å². The number of likely N-dealkylation sites (N-methyl/N-ethyl adjacent to an activating group) is 2. The molecule has 0 aliphatic carbocycles. The first-order valence-electron chi connectivity index (χ1n) is 16.1. The highest BCUT2D eigenvalue weighted by Crippen LogP contribution is 2.51. The van der Waals surface area contributed by atoms with Gasteiger partial charge in [-0.25, -0.2) is 9.37 Å². The minimum Gasteiger partial charge on any atom is -0.478 e. The molecule has 0 fully saturated rings. The first kappa shape index (κ1) is 40.3. The molecule has 3 aliphatic rings. The van der Waals surface area contributed by atoms with Crippen LogP contribution in [0.15, 0.2) is 41.3 Å².